The van der Waals surface area contributed by atoms with Gasteiger partial charge >= 0.3 is 5.97 Å². The molecular weight excluding hydrogens is 351 g/mol. The van der Waals surface area contributed by atoms with Gasteiger partial charge in [0.1, 0.15) is 12.4 Å². The van der Waals surface area contributed by atoms with Gasteiger partial charge in [0, 0.05) is 32.0 Å². The zero-order valence-electron chi connectivity index (χ0n) is 15.9. The van der Waals surface area contributed by atoms with Crippen LogP contribution in [0.4, 0.5) is 4.39 Å². The average molecular weight is 378 g/mol. The van der Waals surface area contributed by atoms with Crippen LogP contribution in [0.5, 0.6) is 0 Å². The van der Waals surface area contributed by atoms with E-state index < -0.39 is 5.97 Å². The molecule has 0 bridgehead atoms. The third-order valence-electron chi connectivity index (χ3n) is 5.07. The standard InChI is InChI=1S/C20H27FN2O4/c1-14(12-16-6-3-4-8-18(16)21)20(27)22-10-5-7-17(9-11-22)23(15(2)24)13-19(25)26/h3-4,6,8,14,17H,5,7,9-13H2,1-2H3,(H,25,26)/t14-,17+/m0/s1. The molecule has 1 aromatic rings. The second kappa shape index (κ2) is 9.48. The molecule has 27 heavy (non-hydrogen) atoms. The highest BCUT2D eigenvalue weighted by Crippen LogP contribution is 2.20. The van der Waals surface area contributed by atoms with Crippen molar-refractivity contribution in [1.29, 1.82) is 0 Å². The second-order valence-electron chi connectivity index (χ2n) is 7.15. The lowest BCUT2D eigenvalue weighted by molar-refractivity contribution is -0.145. The summed E-state index contributed by atoms with van der Waals surface area (Å²) in [5.41, 5.74) is 0.523. The van der Waals surface area contributed by atoms with Crippen LogP contribution in [0.25, 0.3) is 0 Å². The van der Waals surface area contributed by atoms with E-state index in [1.54, 1.807) is 30.0 Å². The summed E-state index contributed by atoms with van der Waals surface area (Å²) in [6, 6.07) is 6.28. The van der Waals surface area contributed by atoms with Crippen LogP contribution in [-0.2, 0) is 20.8 Å². The van der Waals surface area contributed by atoms with Crippen LogP contribution >= 0.6 is 0 Å². The van der Waals surface area contributed by atoms with E-state index in [-0.39, 0.29) is 36.1 Å². The van der Waals surface area contributed by atoms with Gasteiger partial charge in [-0.3, -0.25) is 14.4 Å². The molecule has 1 saturated heterocycles. The number of carbonyl (C=O) groups is 3. The van der Waals surface area contributed by atoms with Crippen molar-refractivity contribution in [2.45, 2.75) is 45.6 Å². The predicted molar refractivity (Wildman–Crippen MR) is 98.5 cm³/mol. The fourth-order valence-electron chi connectivity index (χ4n) is 3.65. The number of amides is 2. The van der Waals surface area contributed by atoms with Crippen LogP contribution in [0, 0.1) is 11.7 Å². The smallest absolute Gasteiger partial charge is 0.323 e. The van der Waals surface area contributed by atoms with Crippen LogP contribution in [0.15, 0.2) is 24.3 Å². The molecule has 1 N–H and O–H groups in total. The summed E-state index contributed by atoms with van der Waals surface area (Å²) in [6.45, 7) is 3.87. The first-order valence-electron chi connectivity index (χ1n) is 9.30. The molecule has 7 heteroatoms. The zero-order chi connectivity index (χ0) is 20.0. The van der Waals surface area contributed by atoms with Crippen molar-refractivity contribution in [3.8, 4) is 0 Å². The summed E-state index contributed by atoms with van der Waals surface area (Å²) < 4.78 is 13.8. The van der Waals surface area contributed by atoms with Crippen molar-refractivity contribution < 1.29 is 23.9 Å². The Morgan fingerprint density at radius 2 is 1.96 bits per heavy atom. The topological polar surface area (TPSA) is 77.9 Å². The van der Waals surface area contributed by atoms with Crippen molar-refractivity contribution >= 4 is 17.8 Å². The Kier molecular flexibility index (Phi) is 7.33. The number of hydrogen-bond donors (Lipinski definition) is 1. The van der Waals surface area contributed by atoms with Gasteiger partial charge in [-0.15, -0.1) is 0 Å². The largest absolute Gasteiger partial charge is 0.480 e. The first kappa shape index (κ1) is 20.9. The van der Waals surface area contributed by atoms with Crippen molar-refractivity contribution in [3.05, 3.63) is 35.6 Å². The third-order valence-corrected chi connectivity index (χ3v) is 5.07. The van der Waals surface area contributed by atoms with Gasteiger partial charge in [-0.1, -0.05) is 25.1 Å². The number of likely N-dealkylation sites (tertiary alicyclic amines) is 1. The van der Waals surface area contributed by atoms with Crippen LogP contribution in [0.1, 0.15) is 38.7 Å². The number of aliphatic carboxylic acids is 1. The van der Waals surface area contributed by atoms with Gasteiger partial charge in [0.05, 0.1) is 0 Å². The second-order valence-corrected chi connectivity index (χ2v) is 7.15. The number of rotatable bonds is 6. The van der Waals surface area contributed by atoms with E-state index in [0.29, 0.717) is 44.3 Å². The first-order valence-corrected chi connectivity index (χ1v) is 9.30. The Morgan fingerprint density at radius 1 is 1.26 bits per heavy atom. The average Bonchev–Trinajstić information content (AvgIpc) is 2.86. The molecule has 0 aromatic heterocycles. The summed E-state index contributed by atoms with van der Waals surface area (Å²) in [6.07, 6.45) is 2.25. The highest BCUT2D eigenvalue weighted by atomic mass is 19.1. The Hall–Kier alpha value is -2.44. The molecule has 1 fully saturated rings. The van der Waals surface area contributed by atoms with E-state index in [1.165, 1.54) is 17.9 Å². The lowest BCUT2D eigenvalue weighted by Crippen LogP contribution is -2.43. The number of nitrogens with zero attached hydrogens (tertiary/aromatic N) is 2. The SMILES string of the molecule is CC(=O)N(CC(=O)O)[C@@H]1CCCN(C(=O)[C@@H](C)Cc2ccccc2F)CC1. The molecule has 2 amide bonds. The molecule has 0 radical (unpaired) electrons. The Balaban J connectivity index is 1.98. The number of carbonyl (C=O) groups excluding carboxylic acids is 2. The molecule has 2 atom stereocenters. The Labute approximate surface area is 158 Å². The molecule has 0 unspecified atom stereocenters. The molecule has 0 aliphatic carbocycles. The highest BCUT2D eigenvalue weighted by molar-refractivity contribution is 5.80. The highest BCUT2D eigenvalue weighted by Gasteiger charge is 2.29. The zero-order valence-corrected chi connectivity index (χ0v) is 15.9. The van der Waals surface area contributed by atoms with Gasteiger partial charge in [-0.25, -0.2) is 4.39 Å². The number of hydrogen-bond acceptors (Lipinski definition) is 3. The molecule has 2 rings (SSSR count). The quantitative estimate of drug-likeness (QED) is 0.824. The summed E-state index contributed by atoms with van der Waals surface area (Å²) in [7, 11) is 0. The van der Waals surface area contributed by atoms with Gasteiger partial charge in [0.15, 0.2) is 0 Å². The van der Waals surface area contributed by atoms with Gasteiger partial charge in [-0.2, -0.15) is 0 Å². The Bertz CT molecular complexity index is 694. The van der Waals surface area contributed by atoms with E-state index >= 15 is 0 Å². The lowest BCUT2D eigenvalue weighted by atomic mass is 9.99. The maximum atomic E-state index is 13.8. The minimum Gasteiger partial charge on any atom is -0.480 e. The summed E-state index contributed by atoms with van der Waals surface area (Å²) in [5, 5.41) is 9.02. The fraction of sp³-hybridized carbons (Fsp3) is 0.550. The number of carboxylic acids is 1. The van der Waals surface area contributed by atoms with E-state index in [1.807, 2.05) is 0 Å². The molecule has 1 aliphatic rings. The van der Waals surface area contributed by atoms with Crippen LogP contribution in [-0.4, -0.2) is 58.4 Å². The van der Waals surface area contributed by atoms with Gasteiger partial charge < -0.3 is 14.9 Å². The number of benzene rings is 1. The van der Waals surface area contributed by atoms with Gasteiger partial charge in [0.25, 0.3) is 0 Å². The van der Waals surface area contributed by atoms with Gasteiger partial charge in [-0.05, 0) is 37.3 Å². The molecule has 1 aliphatic heterocycles. The van der Waals surface area contributed by atoms with Crippen molar-refractivity contribution in [1.82, 2.24) is 9.80 Å². The van der Waals surface area contributed by atoms with E-state index in [2.05, 4.69) is 0 Å². The molecule has 0 spiro atoms. The van der Waals surface area contributed by atoms with Crippen LogP contribution in [0.2, 0.25) is 0 Å². The molecular formula is C20H27FN2O4. The number of carboxylic acid groups (broad SMARTS) is 1. The van der Waals surface area contributed by atoms with E-state index in [9.17, 15) is 18.8 Å². The minimum atomic E-state index is -1.04. The predicted octanol–water partition coefficient (Wildman–Crippen LogP) is 2.32. The summed E-state index contributed by atoms with van der Waals surface area (Å²) in [4.78, 5) is 38.7. The third kappa shape index (κ3) is 5.77. The fourth-order valence-corrected chi connectivity index (χ4v) is 3.65. The van der Waals surface area contributed by atoms with E-state index in [4.69, 9.17) is 5.11 Å². The van der Waals surface area contributed by atoms with Crippen molar-refractivity contribution in [2.75, 3.05) is 19.6 Å². The monoisotopic (exact) mass is 378 g/mol. The first-order chi connectivity index (χ1) is 12.8. The molecule has 6 nitrogen and oxygen atoms in total. The van der Waals surface area contributed by atoms with Crippen molar-refractivity contribution in [2.24, 2.45) is 5.92 Å². The molecule has 148 valence electrons. The molecule has 0 saturated carbocycles. The molecule has 1 heterocycles. The lowest BCUT2D eigenvalue weighted by Gasteiger charge is -2.29. The molecule has 1 aromatic carbocycles. The number of halogens is 1. The van der Waals surface area contributed by atoms with Crippen molar-refractivity contribution in [3.63, 3.8) is 0 Å². The van der Waals surface area contributed by atoms with Crippen LogP contribution in [0.3, 0.4) is 0 Å². The maximum Gasteiger partial charge on any atom is 0.323 e. The summed E-state index contributed by atoms with van der Waals surface area (Å²) >= 11 is 0. The van der Waals surface area contributed by atoms with Crippen LogP contribution < -0.4 is 0 Å². The van der Waals surface area contributed by atoms with Gasteiger partial charge in [0.2, 0.25) is 11.8 Å². The minimum absolute atomic E-state index is 0.0356. The summed E-state index contributed by atoms with van der Waals surface area (Å²) in [5.74, 6) is -2.00. The Morgan fingerprint density at radius 3 is 2.59 bits per heavy atom. The maximum absolute atomic E-state index is 13.8. The normalized spacial score (nSPS) is 18.5. The van der Waals surface area contributed by atoms with E-state index in [0.717, 1.165) is 0 Å².